The average molecular weight is 378 g/mol. The molecular weight excluding hydrogens is 351 g/mol. The Labute approximate surface area is 147 Å². The van der Waals surface area contributed by atoms with Crippen molar-refractivity contribution in [1.82, 2.24) is 10.4 Å². The van der Waals surface area contributed by atoms with Gasteiger partial charge in [0.2, 0.25) is 5.91 Å². The van der Waals surface area contributed by atoms with Crippen LogP contribution in [0.5, 0.6) is 0 Å². The van der Waals surface area contributed by atoms with E-state index in [1.165, 1.54) is 7.11 Å². The molecule has 0 radical (unpaired) electrons. The molecule has 2 rings (SSSR count). The molecule has 0 spiro atoms. The predicted octanol–water partition coefficient (Wildman–Crippen LogP) is 0.984. The number of ether oxygens (including phenoxy) is 2. The first-order chi connectivity index (χ1) is 11.8. The lowest BCUT2D eigenvalue weighted by molar-refractivity contribution is -0.141. The summed E-state index contributed by atoms with van der Waals surface area (Å²) in [5, 5.41) is 5.39. The van der Waals surface area contributed by atoms with Gasteiger partial charge < -0.3 is 14.8 Å². The van der Waals surface area contributed by atoms with Gasteiger partial charge in [-0.2, -0.15) is 0 Å². The number of esters is 1. The highest BCUT2D eigenvalue weighted by atomic mass is 31.2. The first kappa shape index (κ1) is 20.3. The van der Waals surface area contributed by atoms with Gasteiger partial charge in [0.1, 0.15) is 0 Å². The number of carbonyl (C=O) groups excluding carboxylic acids is 2. The summed E-state index contributed by atoms with van der Waals surface area (Å²) in [5.41, 5.74) is -0.658. The van der Waals surface area contributed by atoms with Crippen LogP contribution in [0.15, 0.2) is 0 Å². The van der Waals surface area contributed by atoms with E-state index in [0.29, 0.717) is 13.2 Å². The van der Waals surface area contributed by atoms with E-state index in [0.717, 1.165) is 12.8 Å². The molecule has 0 aromatic heterocycles. The van der Waals surface area contributed by atoms with Crippen LogP contribution >= 0.6 is 7.75 Å². The maximum atomic E-state index is 12.8. The number of rotatable bonds is 7. The van der Waals surface area contributed by atoms with Crippen molar-refractivity contribution < 1.29 is 32.7 Å². The van der Waals surface area contributed by atoms with Crippen molar-refractivity contribution in [3.63, 3.8) is 0 Å². The second-order valence-electron chi connectivity index (χ2n) is 6.86. The van der Waals surface area contributed by atoms with Crippen molar-refractivity contribution >= 4 is 19.6 Å². The Kier molecular flexibility index (Phi) is 6.99. The molecule has 2 aliphatic rings. The first-order valence-electron chi connectivity index (χ1n) is 8.40. The maximum absolute atomic E-state index is 12.8. The van der Waals surface area contributed by atoms with E-state index in [9.17, 15) is 14.2 Å². The monoisotopic (exact) mass is 378 g/mol. The SMILES string of the molecule is COC(=O)CCNC(=O)[C@@H]1O[P@](=O)(NCC2CCCO2)OCC1(C)C. The third-order valence-corrected chi connectivity index (χ3v) is 5.72. The minimum absolute atomic E-state index is 0.0275. The minimum Gasteiger partial charge on any atom is -0.469 e. The second-order valence-corrected chi connectivity index (χ2v) is 8.64. The standard InChI is InChI=1S/C15H27N2O7P/c1-15(2)10-23-25(20,17-9-11-5-4-8-22-11)24-13(15)14(19)16-7-6-12(18)21-3/h11,13H,4-10H2,1-3H3,(H,16,19)(H,17,20)/t11?,13-,25-/m0/s1. The van der Waals surface area contributed by atoms with E-state index >= 15 is 0 Å². The second kappa shape index (κ2) is 8.60. The zero-order valence-electron chi connectivity index (χ0n) is 14.9. The van der Waals surface area contributed by atoms with Crippen molar-refractivity contribution in [2.75, 3.05) is 33.4 Å². The Hall–Kier alpha value is -0.990. The van der Waals surface area contributed by atoms with Crippen molar-refractivity contribution in [2.24, 2.45) is 5.41 Å². The molecule has 0 aromatic rings. The predicted molar refractivity (Wildman–Crippen MR) is 88.8 cm³/mol. The van der Waals surface area contributed by atoms with Crippen LogP contribution in [0, 0.1) is 5.41 Å². The van der Waals surface area contributed by atoms with Crippen LogP contribution in [-0.2, 0) is 32.7 Å². The normalized spacial score (nSPS) is 31.5. The lowest BCUT2D eigenvalue weighted by atomic mass is 9.87. The van der Waals surface area contributed by atoms with Crippen molar-refractivity contribution in [1.29, 1.82) is 0 Å². The summed E-state index contributed by atoms with van der Waals surface area (Å²) in [4.78, 5) is 23.5. The molecule has 144 valence electrons. The molecule has 9 nitrogen and oxygen atoms in total. The van der Waals surface area contributed by atoms with Crippen LogP contribution in [0.4, 0.5) is 0 Å². The molecule has 0 aliphatic carbocycles. The molecule has 2 fully saturated rings. The van der Waals surface area contributed by atoms with Gasteiger partial charge in [0.15, 0.2) is 6.10 Å². The molecule has 2 N–H and O–H groups in total. The smallest absolute Gasteiger partial charge is 0.406 e. The van der Waals surface area contributed by atoms with Crippen LogP contribution in [0.2, 0.25) is 0 Å². The van der Waals surface area contributed by atoms with Gasteiger partial charge in [-0.15, -0.1) is 0 Å². The van der Waals surface area contributed by atoms with Crippen LogP contribution < -0.4 is 10.4 Å². The molecule has 2 aliphatic heterocycles. The molecule has 2 saturated heterocycles. The Morgan fingerprint density at radius 1 is 1.36 bits per heavy atom. The molecule has 1 unspecified atom stereocenters. The highest BCUT2D eigenvalue weighted by molar-refractivity contribution is 7.51. The lowest BCUT2D eigenvalue weighted by Crippen LogP contribution is -2.51. The number of amides is 1. The summed E-state index contributed by atoms with van der Waals surface area (Å²) < 4.78 is 33.7. The fraction of sp³-hybridized carbons (Fsp3) is 0.867. The third-order valence-electron chi connectivity index (χ3n) is 4.19. The Morgan fingerprint density at radius 3 is 2.76 bits per heavy atom. The van der Waals surface area contributed by atoms with E-state index in [4.69, 9.17) is 13.8 Å². The molecule has 0 bridgehead atoms. The Morgan fingerprint density at radius 2 is 2.12 bits per heavy atom. The summed E-state index contributed by atoms with van der Waals surface area (Å²) in [6.45, 7) is 4.85. The van der Waals surface area contributed by atoms with E-state index in [-0.39, 0.29) is 25.7 Å². The van der Waals surface area contributed by atoms with Gasteiger partial charge >= 0.3 is 13.7 Å². The molecule has 3 atom stereocenters. The van der Waals surface area contributed by atoms with Crippen LogP contribution in [0.25, 0.3) is 0 Å². The van der Waals surface area contributed by atoms with Gasteiger partial charge in [0.05, 0.1) is 26.2 Å². The van der Waals surface area contributed by atoms with Crippen molar-refractivity contribution in [3.05, 3.63) is 0 Å². The largest absolute Gasteiger partial charge is 0.469 e. The average Bonchev–Trinajstić information content (AvgIpc) is 3.09. The minimum atomic E-state index is -3.60. The Bertz CT molecular complexity index is 534. The highest BCUT2D eigenvalue weighted by Crippen LogP contribution is 2.53. The maximum Gasteiger partial charge on any atom is 0.406 e. The number of methoxy groups -OCH3 is 1. The number of hydrogen-bond donors (Lipinski definition) is 2. The number of nitrogens with one attached hydrogen (secondary N) is 2. The summed E-state index contributed by atoms with van der Waals surface area (Å²) in [7, 11) is -2.31. The topological polar surface area (TPSA) is 112 Å². The van der Waals surface area contributed by atoms with E-state index in [1.54, 1.807) is 13.8 Å². The molecule has 0 saturated carbocycles. The molecule has 2 heterocycles. The fourth-order valence-corrected chi connectivity index (χ4v) is 4.44. The quantitative estimate of drug-likeness (QED) is 0.498. The van der Waals surface area contributed by atoms with Crippen LogP contribution in [-0.4, -0.2) is 57.5 Å². The van der Waals surface area contributed by atoms with Gasteiger partial charge in [-0.1, -0.05) is 13.8 Å². The summed E-state index contributed by atoms with van der Waals surface area (Å²) in [6, 6.07) is 0. The van der Waals surface area contributed by atoms with E-state index in [1.807, 2.05) is 0 Å². The number of hydrogen-bond acceptors (Lipinski definition) is 7. The van der Waals surface area contributed by atoms with Gasteiger partial charge in [0.25, 0.3) is 0 Å². The van der Waals surface area contributed by atoms with E-state index in [2.05, 4.69) is 15.1 Å². The van der Waals surface area contributed by atoms with Gasteiger partial charge in [-0.25, -0.2) is 9.65 Å². The highest BCUT2D eigenvalue weighted by Gasteiger charge is 2.48. The fourth-order valence-electron chi connectivity index (χ4n) is 2.63. The first-order valence-corrected chi connectivity index (χ1v) is 9.94. The van der Waals surface area contributed by atoms with Crippen LogP contribution in [0.3, 0.4) is 0 Å². The zero-order valence-corrected chi connectivity index (χ0v) is 15.8. The van der Waals surface area contributed by atoms with E-state index < -0.39 is 31.1 Å². The molecule has 0 aromatic carbocycles. The summed E-state index contributed by atoms with van der Waals surface area (Å²) in [6.07, 6.45) is 0.926. The third kappa shape index (κ3) is 5.76. The molecule has 25 heavy (non-hydrogen) atoms. The van der Waals surface area contributed by atoms with Gasteiger partial charge in [-0.05, 0) is 12.8 Å². The summed E-state index contributed by atoms with van der Waals surface area (Å²) >= 11 is 0. The van der Waals surface area contributed by atoms with Crippen LogP contribution in [0.1, 0.15) is 33.1 Å². The van der Waals surface area contributed by atoms with Gasteiger partial charge in [-0.3, -0.25) is 18.6 Å². The lowest BCUT2D eigenvalue weighted by Gasteiger charge is -2.40. The van der Waals surface area contributed by atoms with Crippen molar-refractivity contribution in [3.8, 4) is 0 Å². The summed E-state index contributed by atoms with van der Waals surface area (Å²) in [5.74, 6) is -0.854. The van der Waals surface area contributed by atoms with Crippen molar-refractivity contribution in [2.45, 2.75) is 45.3 Å². The van der Waals surface area contributed by atoms with Gasteiger partial charge in [0, 0.05) is 25.1 Å². The molecule has 10 heteroatoms. The molecular formula is C15H27N2O7P. The Balaban J connectivity index is 1.90. The number of carbonyl (C=O) groups is 2. The molecule has 1 amide bonds. The zero-order chi connectivity index (χ0) is 18.5.